The Morgan fingerprint density at radius 3 is 2.65 bits per heavy atom. The van der Waals surface area contributed by atoms with E-state index in [1.54, 1.807) is 12.4 Å². The topological polar surface area (TPSA) is 45.2 Å². The van der Waals surface area contributed by atoms with Crippen LogP contribution in [0, 0.1) is 5.92 Å². The van der Waals surface area contributed by atoms with Crippen molar-refractivity contribution in [3.63, 3.8) is 0 Å². The molecule has 20 heavy (non-hydrogen) atoms. The zero-order valence-corrected chi connectivity index (χ0v) is 12.4. The molecule has 3 rings (SSSR count). The molecule has 2 aliphatic rings. The van der Waals surface area contributed by atoms with Gasteiger partial charge in [0, 0.05) is 31.5 Å². The Labute approximate surface area is 126 Å². The summed E-state index contributed by atoms with van der Waals surface area (Å²) in [6.45, 7) is 2.64. The van der Waals surface area contributed by atoms with E-state index in [1.807, 2.05) is 12.1 Å². The normalized spacial score (nSPS) is 21.9. The molecule has 1 aromatic heterocycles. The molecule has 1 saturated heterocycles. The third kappa shape index (κ3) is 3.70. The molecule has 110 valence electrons. The number of halogens is 1. The fourth-order valence-electron chi connectivity index (χ4n) is 2.76. The van der Waals surface area contributed by atoms with Gasteiger partial charge in [-0.05, 0) is 49.9 Å². The molecule has 0 bridgehead atoms. The van der Waals surface area contributed by atoms with Crippen molar-refractivity contribution < 1.29 is 4.79 Å². The van der Waals surface area contributed by atoms with E-state index < -0.39 is 0 Å². The van der Waals surface area contributed by atoms with Gasteiger partial charge >= 0.3 is 0 Å². The number of nitrogens with one attached hydrogen (secondary N) is 1. The molecule has 1 saturated carbocycles. The summed E-state index contributed by atoms with van der Waals surface area (Å²) in [5.41, 5.74) is 1.18. The van der Waals surface area contributed by atoms with E-state index >= 15 is 0 Å². The number of piperidine rings is 1. The predicted molar refractivity (Wildman–Crippen MR) is 80.7 cm³/mol. The molecule has 1 aromatic rings. The summed E-state index contributed by atoms with van der Waals surface area (Å²) in [6, 6.07) is 4.48. The first-order valence-corrected chi connectivity index (χ1v) is 7.24. The third-order valence-corrected chi connectivity index (χ3v) is 4.02. The number of carbonyl (C=O) groups excluding carboxylic acids is 1. The minimum absolute atomic E-state index is 0. The molecule has 0 spiro atoms. The summed E-state index contributed by atoms with van der Waals surface area (Å²) >= 11 is 0. The minimum Gasteiger partial charge on any atom is -0.335 e. The molecular formula is C15H22ClN3O. The Morgan fingerprint density at radius 2 is 2.05 bits per heavy atom. The number of pyridine rings is 1. The smallest absolute Gasteiger partial charge is 0.227 e. The van der Waals surface area contributed by atoms with Crippen molar-refractivity contribution in [3.05, 3.63) is 30.1 Å². The van der Waals surface area contributed by atoms with E-state index in [-0.39, 0.29) is 18.3 Å². The molecule has 5 heteroatoms. The van der Waals surface area contributed by atoms with Gasteiger partial charge in [-0.3, -0.25) is 9.78 Å². The van der Waals surface area contributed by atoms with Gasteiger partial charge in [-0.15, -0.1) is 12.4 Å². The van der Waals surface area contributed by atoms with Crippen LogP contribution < -0.4 is 5.32 Å². The second-order valence-corrected chi connectivity index (χ2v) is 5.60. The Hall–Kier alpha value is -1.13. The van der Waals surface area contributed by atoms with Gasteiger partial charge in [0.25, 0.3) is 0 Å². The molecule has 0 unspecified atom stereocenters. The lowest BCUT2D eigenvalue weighted by molar-refractivity contribution is -0.137. The van der Waals surface area contributed by atoms with Crippen molar-refractivity contribution in [2.24, 2.45) is 5.92 Å². The maximum absolute atomic E-state index is 12.7. The molecular weight excluding hydrogens is 274 g/mol. The van der Waals surface area contributed by atoms with Crippen molar-refractivity contribution >= 4 is 18.3 Å². The molecule has 0 aromatic carbocycles. The minimum atomic E-state index is 0. The first kappa shape index (κ1) is 15.3. The van der Waals surface area contributed by atoms with Crippen molar-refractivity contribution in [3.8, 4) is 0 Å². The van der Waals surface area contributed by atoms with E-state index in [2.05, 4.69) is 15.2 Å². The largest absolute Gasteiger partial charge is 0.335 e. The van der Waals surface area contributed by atoms with Crippen molar-refractivity contribution in [1.82, 2.24) is 15.2 Å². The molecule has 0 radical (unpaired) electrons. The van der Waals surface area contributed by atoms with E-state index in [0.29, 0.717) is 11.9 Å². The fourth-order valence-corrected chi connectivity index (χ4v) is 2.76. The highest BCUT2D eigenvalue weighted by molar-refractivity contribution is 5.85. The van der Waals surface area contributed by atoms with Gasteiger partial charge in [0.1, 0.15) is 0 Å². The maximum atomic E-state index is 12.7. The maximum Gasteiger partial charge on any atom is 0.227 e. The Morgan fingerprint density at radius 1 is 1.30 bits per heavy atom. The van der Waals surface area contributed by atoms with Crippen LogP contribution in [0.2, 0.25) is 0 Å². The van der Waals surface area contributed by atoms with Crippen LogP contribution in [0.25, 0.3) is 0 Å². The van der Waals surface area contributed by atoms with Gasteiger partial charge in [-0.1, -0.05) is 0 Å². The number of hydrogen-bond donors (Lipinski definition) is 1. The Bertz CT molecular complexity index is 430. The van der Waals surface area contributed by atoms with Crippen molar-refractivity contribution in [1.29, 1.82) is 0 Å². The molecule has 1 aliphatic carbocycles. The van der Waals surface area contributed by atoms with E-state index in [4.69, 9.17) is 0 Å². The first-order valence-electron chi connectivity index (χ1n) is 7.24. The van der Waals surface area contributed by atoms with Crippen molar-refractivity contribution in [2.45, 2.75) is 38.3 Å². The van der Waals surface area contributed by atoms with Crippen LogP contribution in [-0.2, 0) is 11.3 Å². The predicted octanol–water partition coefficient (Wildman–Crippen LogP) is 1.99. The van der Waals surface area contributed by atoms with Gasteiger partial charge in [-0.2, -0.15) is 0 Å². The highest BCUT2D eigenvalue weighted by atomic mass is 35.5. The highest BCUT2D eigenvalue weighted by Gasteiger charge is 2.36. The van der Waals surface area contributed by atoms with Crippen LogP contribution in [0.4, 0.5) is 0 Å². The van der Waals surface area contributed by atoms with Crippen LogP contribution in [0.1, 0.15) is 31.2 Å². The number of carbonyl (C=O) groups is 1. The van der Waals surface area contributed by atoms with Crippen molar-refractivity contribution in [2.75, 3.05) is 13.1 Å². The number of hydrogen-bond acceptors (Lipinski definition) is 3. The standard InChI is InChI=1S/C15H21N3O.ClH/c19-15(13-2-1-7-17-10-13)18(14-3-4-14)11-12-5-8-16-9-6-12;/h5-6,8-9,13-14,17H,1-4,7,10-11H2;1H/t13-;/m1./s1. The lowest BCUT2D eigenvalue weighted by atomic mass is 9.97. The zero-order valence-electron chi connectivity index (χ0n) is 11.6. The number of amides is 1. The van der Waals surface area contributed by atoms with E-state index in [0.717, 1.165) is 45.3 Å². The monoisotopic (exact) mass is 295 g/mol. The molecule has 1 atom stereocenters. The fraction of sp³-hybridized carbons (Fsp3) is 0.600. The van der Waals surface area contributed by atoms with Crippen LogP contribution in [0.3, 0.4) is 0 Å². The second-order valence-electron chi connectivity index (χ2n) is 5.60. The van der Waals surface area contributed by atoms with Gasteiger partial charge in [0.2, 0.25) is 5.91 Å². The summed E-state index contributed by atoms with van der Waals surface area (Å²) in [6.07, 6.45) is 8.07. The molecule has 1 amide bonds. The van der Waals surface area contributed by atoms with Crippen LogP contribution in [-0.4, -0.2) is 34.9 Å². The first-order chi connectivity index (χ1) is 9.34. The molecule has 1 aliphatic heterocycles. The van der Waals surface area contributed by atoms with Crippen LogP contribution in [0.15, 0.2) is 24.5 Å². The van der Waals surface area contributed by atoms with Gasteiger partial charge in [0.05, 0.1) is 5.92 Å². The SMILES string of the molecule is Cl.O=C([C@@H]1CCCNC1)N(Cc1ccncc1)C1CC1. The second kappa shape index (κ2) is 7.04. The Kier molecular flexibility index (Phi) is 5.38. The zero-order chi connectivity index (χ0) is 13.1. The van der Waals surface area contributed by atoms with E-state index in [9.17, 15) is 4.79 Å². The summed E-state index contributed by atoms with van der Waals surface area (Å²) in [4.78, 5) is 18.8. The Balaban J connectivity index is 0.00000147. The lowest BCUT2D eigenvalue weighted by Gasteiger charge is -2.30. The third-order valence-electron chi connectivity index (χ3n) is 4.02. The van der Waals surface area contributed by atoms with Gasteiger partial charge in [0.15, 0.2) is 0 Å². The molecule has 2 heterocycles. The summed E-state index contributed by atoms with van der Waals surface area (Å²) < 4.78 is 0. The molecule has 2 fully saturated rings. The average Bonchev–Trinajstić information content (AvgIpc) is 3.31. The quantitative estimate of drug-likeness (QED) is 0.924. The highest BCUT2D eigenvalue weighted by Crippen LogP contribution is 2.30. The number of nitrogens with zero attached hydrogens (tertiary/aromatic N) is 2. The van der Waals surface area contributed by atoms with Crippen LogP contribution >= 0.6 is 12.4 Å². The summed E-state index contributed by atoms with van der Waals surface area (Å²) in [7, 11) is 0. The molecule has 4 nitrogen and oxygen atoms in total. The molecule has 1 N–H and O–H groups in total. The number of aromatic nitrogens is 1. The number of rotatable bonds is 4. The van der Waals surface area contributed by atoms with E-state index in [1.165, 1.54) is 5.56 Å². The lowest BCUT2D eigenvalue weighted by Crippen LogP contribution is -2.43. The van der Waals surface area contributed by atoms with Gasteiger partial charge in [-0.25, -0.2) is 0 Å². The van der Waals surface area contributed by atoms with Gasteiger partial charge < -0.3 is 10.2 Å². The average molecular weight is 296 g/mol. The van der Waals surface area contributed by atoms with Crippen LogP contribution in [0.5, 0.6) is 0 Å². The summed E-state index contributed by atoms with van der Waals surface area (Å²) in [5, 5.41) is 3.34. The summed E-state index contributed by atoms with van der Waals surface area (Å²) in [5.74, 6) is 0.516.